The van der Waals surface area contributed by atoms with E-state index < -0.39 is 0 Å². The van der Waals surface area contributed by atoms with E-state index in [2.05, 4.69) is 11.0 Å². The van der Waals surface area contributed by atoms with E-state index in [1.807, 2.05) is 41.3 Å². The molecule has 0 aromatic heterocycles. The standard InChI is InChI=1S/C23H28N2O4/c1-27-20-14-18-8-9-25(16-19(18)15-21(20)28-2)22(17-6-4-3-5-7-17)23(26)24-10-12-29-13-11-24/h3-7,14-15,22H,8-13,16H2,1-2H3/t22-/m0/s1. The monoisotopic (exact) mass is 396 g/mol. The van der Waals surface area contributed by atoms with Gasteiger partial charge in [-0.15, -0.1) is 0 Å². The van der Waals surface area contributed by atoms with Gasteiger partial charge in [-0.1, -0.05) is 30.3 Å². The number of methoxy groups -OCH3 is 2. The summed E-state index contributed by atoms with van der Waals surface area (Å²) >= 11 is 0. The number of hydrogen-bond acceptors (Lipinski definition) is 5. The third-order valence-electron chi connectivity index (χ3n) is 5.78. The van der Waals surface area contributed by atoms with Crippen LogP contribution in [0, 0.1) is 0 Å². The first-order valence-corrected chi connectivity index (χ1v) is 10.1. The summed E-state index contributed by atoms with van der Waals surface area (Å²) in [6, 6.07) is 13.9. The SMILES string of the molecule is COc1cc2c(cc1OC)CN([C@H](C(=O)N1CCOCC1)c1ccccc1)CC2. The molecule has 29 heavy (non-hydrogen) atoms. The minimum absolute atomic E-state index is 0.156. The number of carbonyl (C=O) groups is 1. The number of rotatable bonds is 5. The van der Waals surface area contributed by atoms with E-state index in [4.69, 9.17) is 14.2 Å². The lowest BCUT2D eigenvalue weighted by Gasteiger charge is -2.38. The molecule has 0 N–H and O–H groups in total. The third-order valence-corrected chi connectivity index (χ3v) is 5.78. The molecule has 1 amide bonds. The number of ether oxygens (including phenoxy) is 3. The largest absolute Gasteiger partial charge is 0.493 e. The molecule has 2 aromatic rings. The van der Waals surface area contributed by atoms with E-state index in [9.17, 15) is 4.79 Å². The smallest absolute Gasteiger partial charge is 0.244 e. The molecule has 2 aliphatic rings. The summed E-state index contributed by atoms with van der Waals surface area (Å²) in [6.45, 7) is 4.03. The van der Waals surface area contributed by atoms with Gasteiger partial charge in [-0.25, -0.2) is 0 Å². The zero-order valence-corrected chi connectivity index (χ0v) is 17.1. The van der Waals surface area contributed by atoms with Crippen molar-refractivity contribution in [1.82, 2.24) is 9.80 Å². The van der Waals surface area contributed by atoms with Crippen LogP contribution in [0.5, 0.6) is 11.5 Å². The molecule has 2 aromatic carbocycles. The number of amides is 1. The van der Waals surface area contributed by atoms with Gasteiger partial charge in [0.2, 0.25) is 5.91 Å². The van der Waals surface area contributed by atoms with Crippen LogP contribution in [0.4, 0.5) is 0 Å². The molecule has 1 atom stereocenters. The van der Waals surface area contributed by atoms with Crippen LogP contribution in [0.25, 0.3) is 0 Å². The minimum atomic E-state index is -0.296. The average Bonchev–Trinajstić information content (AvgIpc) is 2.79. The molecule has 1 saturated heterocycles. The Balaban J connectivity index is 1.64. The highest BCUT2D eigenvalue weighted by Gasteiger charge is 2.34. The van der Waals surface area contributed by atoms with E-state index in [0.29, 0.717) is 32.8 Å². The lowest BCUT2D eigenvalue weighted by atomic mass is 9.95. The summed E-state index contributed by atoms with van der Waals surface area (Å²) in [5.74, 6) is 1.64. The maximum absolute atomic E-state index is 13.5. The van der Waals surface area contributed by atoms with Crippen LogP contribution >= 0.6 is 0 Å². The van der Waals surface area contributed by atoms with Crippen molar-refractivity contribution in [1.29, 1.82) is 0 Å². The van der Waals surface area contributed by atoms with Crippen LogP contribution in [0.2, 0.25) is 0 Å². The third kappa shape index (κ3) is 4.09. The molecule has 0 spiro atoms. The fourth-order valence-corrected chi connectivity index (χ4v) is 4.23. The van der Waals surface area contributed by atoms with Crippen LogP contribution in [0.3, 0.4) is 0 Å². The number of carbonyl (C=O) groups excluding carboxylic acids is 1. The zero-order valence-electron chi connectivity index (χ0n) is 17.1. The van der Waals surface area contributed by atoms with Gasteiger partial charge >= 0.3 is 0 Å². The number of fused-ring (bicyclic) bond motifs is 1. The summed E-state index contributed by atoms with van der Waals surface area (Å²) in [5, 5.41) is 0. The molecule has 1 fully saturated rings. The normalized spacial score (nSPS) is 18.1. The van der Waals surface area contributed by atoms with Gasteiger partial charge in [-0.3, -0.25) is 9.69 Å². The predicted molar refractivity (Wildman–Crippen MR) is 110 cm³/mol. The number of benzene rings is 2. The van der Waals surface area contributed by atoms with Gasteiger partial charge in [-0.2, -0.15) is 0 Å². The highest BCUT2D eigenvalue weighted by Crippen LogP contribution is 2.36. The molecular formula is C23H28N2O4. The van der Waals surface area contributed by atoms with E-state index >= 15 is 0 Å². The molecule has 0 bridgehead atoms. The second kappa shape index (κ2) is 8.84. The Labute approximate surface area is 172 Å². The van der Waals surface area contributed by atoms with Crippen LogP contribution in [-0.4, -0.2) is 62.8 Å². The molecule has 0 radical (unpaired) electrons. The van der Waals surface area contributed by atoms with Crippen molar-refractivity contribution < 1.29 is 19.0 Å². The number of hydrogen-bond donors (Lipinski definition) is 0. The molecule has 2 heterocycles. The van der Waals surface area contributed by atoms with Gasteiger partial charge in [0, 0.05) is 26.2 Å². The van der Waals surface area contributed by atoms with Crippen molar-refractivity contribution in [3.63, 3.8) is 0 Å². The molecule has 6 nitrogen and oxygen atoms in total. The molecule has 6 heteroatoms. The Kier molecular flexibility index (Phi) is 6.02. The van der Waals surface area contributed by atoms with Crippen LogP contribution in [0.1, 0.15) is 22.7 Å². The highest BCUT2D eigenvalue weighted by molar-refractivity contribution is 5.83. The van der Waals surface area contributed by atoms with Crippen LogP contribution in [0.15, 0.2) is 42.5 Å². The van der Waals surface area contributed by atoms with Gasteiger partial charge in [0.1, 0.15) is 6.04 Å². The van der Waals surface area contributed by atoms with Gasteiger partial charge in [0.25, 0.3) is 0 Å². The van der Waals surface area contributed by atoms with Crippen molar-refractivity contribution in [2.45, 2.75) is 19.0 Å². The molecule has 0 saturated carbocycles. The van der Waals surface area contributed by atoms with Gasteiger partial charge in [0.15, 0.2) is 11.5 Å². The Bertz CT molecular complexity index is 849. The topological polar surface area (TPSA) is 51.2 Å². The van der Waals surface area contributed by atoms with Gasteiger partial charge < -0.3 is 19.1 Å². The van der Waals surface area contributed by atoms with E-state index in [1.54, 1.807) is 14.2 Å². The summed E-state index contributed by atoms with van der Waals surface area (Å²) in [6.07, 6.45) is 0.870. The Morgan fingerprint density at radius 2 is 1.62 bits per heavy atom. The van der Waals surface area contributed by atoms with Crippen molar-refractivity contribution in [3.8, 4) is 11.5 Å². The molecule has 2 aliphatic heterocycles. The Morgan fingerprint density at radius 1 is 0.966 bits per heavy atom. The second-order valence-electron chi connectivity index (χ2n) is 7.45. The Hall–Kier alpha value is -2.57. The quantitative estimate of drug-likeness (QED) is 0.778. The first-order chi connectivity index (χ1) is 14.2. The van der Waals surface area contributed by atoms with Gasteiger partial charge in [0.05, 0.1) is 27.4 Å². The lowest BCUT2D eigenvalue weighted by Crippen LogP contribution is -2.48. The Morgan fingerprint density at radius 3 is 2.28 bits per heavy atom. The van der Waals surface area contributed by atoms with Crippen molar-refractivity contribution >= 4 is 5.91 Å². The number of nitrogens with zero attached hydrogens (tertiary/aromatic N) is 2. The molecular weight excluding hydrogens is 368 g/mol. The minimum Gasteiger partial charge on any atom is -0.493 e. The van der Waals surface area contributed by atoms with Crippen LogP contribution < -0.4 is 9.47 Å². The molecule has 154 valence electrons. The zero-order chi connectivity index (χ0) is 20.2. The first-order valence-electron chi connectivity index (χ1n) is 10.1. The maximum Gasteiger partial charge on any atom is 0.244 e. The number of morpholine rings is 1. The van der Waals surface area contributed by atoms with E-state index in [-0.39, 0.29) is 11.9 Å². The molecule has 0 aliphatic carbocycles. The fourth-order valence-electron chi connectivity index (χ4n) is 4.23. The average molecular weight is 396 g/mol. The van der Waals surface area contributed by atoms with Gasteiger partial charge in [-0.05, 0) is 35.2 Å². The van der Waals surface area contributed by atoms with E-state index in [1.165, 1.54) is 11.1 Å². The van der Waals surface area contributed by atoms with Crippen LogP contribution in [-0.2, 0) is 22.5 Å². The van der Waals surface area contributed by atoms with Crippen molar-refractivity contribution in [2.75, 3.05) is 47.1 Å². The second-order valence-corrected chi connectivity index (χ2v) is 7.45. The van der Waals surface area contributed by atoms with Crippen molar-refractivity contribution in [3.05, 3.63) is 59.2 Å². The summed E-state index contributed by atoms with van der Waals surface area (Å²) < 4.78 is 16.4. The lowest BCUT2D eigenvalue weighted by molar-refractivity contribution is -0.141. The summed E-state index contributed by atoms with van der Waals surface area (Å²) in [4.78, 5) is 17.7. The molecule has 4 rings (SSSR count). The first kappa shape index (κ1) is 19.7. The summed E-state index contributed by atoms with van der Waals surface area (Å²) in [5.41, 5.74) is 3.47. The fraction of sp³-hybridized carbons (Fsp3) is 0.435. The predicted octanol–water partition coefficient (Wildman–Crippen LogP) is 2.66. The highest BCUT2D eigenvalue weighted by atomic mass is 16.5. The molecule has 0 unspecified atom stereocenters. The maximum atomic E-state index is 13.5. The van der Waals surface area contributed by atoms with E-state index in [0.717, 1.165) is 30.0 Å². The van der Waals surface area contributed by atoms with Crippen molar-refractivity contribution in [2.24, 2.45) is 0 Å². The summed E-state index contributed by atoms with van der Waals surface area (Å²) in [7, 11) is 3.31.